The van der Waals surface area contributed by atoms with Crippen LogP contribution >= 0.6 is 0 Å². The second-order valence-corrected chi connectivity index (χ2v) is 5.57. The lowest BCUT2D eigenvalue weighted by Crippen LogP contribution is -2.05. The summed E-state index contributed by atoms with van der Waals surface area (Å²) < 4.78 is 36.0. The smallest absolute Gasteiger partial charge is 0.175 e. The molecule has 0 amide bonds. The summed E-state index contributed by atoms with van der Waals surface area (Å²) >= 11 is 0. The maximum absolute atomic E-state index is 13.3. The fourth-order valence-electron chi connectivity index (χ4n) is 1.39. The van der Waals surface area contributed by atoms with Crippen molar-refractivity contribution in [2.45, 2.75) is 24.8 Å². The average molecular weight is 232 g/mol. The fraction of sp³-hybridized carbons (Fsp3) is 0.400. The number of hydrogen-bond acceptors (Lipinski definition) is 3. The van der Waals surface area contributed by atoms with E-state index in [-0.39, 0.29) is 10.5 Å². The van der Waals surface area contributed by atoms with E-state index in [1.807, 2.05) is 0 Å². The van der Waals surface area contributed by atoms with Gasteiger partial charge >= 0.3 is 0 Å². The van der Waals surface area contributed by atoms with Crippen molar-refractivity contribution in [2.75, 3.05) is 6.26 Å². The topological polar surface area (TPSA) is 54.4 Å². The molecule has 0 bridgehead atoms. The molecule has 1 aromatic carbocycles. The minimum Gasteiger partial charge on any atom is -0.389 e. The van der Waals surface area contributed by atoms with E-state index in [4.69, 9.17) is 0 Å². The molecule has 1 aromatic rings. The highest BCUT2D eigenvalue weighted by atomic mass is 32.2. The number of hydrogen-bond donors (Lipinski definition) is 1. The lowest BCUT2D eigenvalue weighted by Gasteiger charge is -2.10. The van der Waals surface area contributed by atoms with E-state index in [0.717, 1.165) is 12.3 Å². The van der Waals surface area contributed by atoms with Gasteiger partial charge in [-0.05, 0) is 31.5 Å². The monoisotopic (exact) mass is 232 g/mol. The number of benzene rings is 1. The van der Waals surface area contributed by atoms with Crippen molar-refractivity contribution in [3.63, 3.8) is 0 Å². The van der Waals surface area contributed by atoms with Crippen LogP contribution in [0.3, 0.4) is 0 Å². The Labute approximate surface area is 88.5 Å². The van der Waals surface area contributed by atoms with Crippen molar-refractivity contribution in [1.82, 2.24) is 0 Å². The molecule has 0 heterocycles. The molecule has 15 heavy (non-hydrogen) atoms. The SMILES string of the molecule is Cc1cc(F)c(C(C)O)cc1S(C)(=O)=O. The first-order valence-corrected chi connectivity index (χ1v) is 6.31. The molecule has 1 N–H and O–H groups in total. The van der Waals surface area contributed by atoms with Crippen molar-refractivity contribution >= 4 is 9.84 Å². The Bertz CT molecular complexity index is 478. The molecule has 0 aliphatic rings. The normalized spacial score (nSPS) is 13.9. The van der Waals surface area contributed by atoms with Crippen LogP contribution in [0.1, 0.15) is 24.2 Å². The van der Waals surface area contributed by atoms with Gasteiger partial charge in [0.1, 0.15) is 5.82 Å². The summed E-state index contributed by atoms with van der Waals surface area (Å²) in [6.45, 7) is 2.91. The third-order valence-corrected chi connectivity index (χ3v) is 3.38. The highest BCUT2D eigenvalue weighted by Gasteiger charge is 2.17. The summed E-state index contributed by atoms with van der Waals surface area (Å²) in [5.41, 5.74) is 0.348. The maximum Gasteiger partial charge on any atom is 0.175 e. The van der Waals surface area contributed by atoms with E-state index >= 15 is 0 Å². The van der Waals surface area contributed by atoms with Crippen LogP contribution in [0.25, 0.3) is 0 Å². The van der Waals surface area contributed by atoms with Gasteiger partial charge in [-0.1, -0.05) is 0 Å². The highest BCUT2D eigenvalue weighted by molar-refractivity contribution is 7.90. The molecule has 1 rings (SSSR count). The highest BCUT2D eigenvalue weighted by Crippen LogP contribution is 2.24. The molecule has 0 radical (unpaired) electrons. The van der Waals surface area contributed by atoms with Crippen molar-refractivity contribution < 1.29 is 17.9 Å². The van der Waals surface area contributed by atoms with Gasteiger partial charge in [0, 0.05) is 11.8 Å². The fourth-order valence-corrected chi connectivity index (χ4v) is 2.37. The second kappa shape index (κ2) is 3.90. The predicted molar refractivity (Wildman–Crippen MR) is 54.9 cm³/mol. The van der Waals surface area contributed by atoms with Crippen LogP contribution < -0.4 is 0 Å². The summed E-state index contributed by atoms with van der Waals surface area (Å²) in [7, 11) is -3.38. The van der Waals surface area contributed by atoms with E-state index in [0.29, 0.717) is 5.56 Å². The molecular formula is C10H13FO3S. The molecule has 1 atom stereocenters. The predicted octanol–water partition coefficient (Wildman–Crippen LogP) is 1.59. The first-order valence-electron chi connectivity index (χ1n) is 4.41. The third-order valence-electron chi connectivity index (χ3n) is 2.14. The molecule has 0 aromatic heterocycles. The largest absolute Gasteiger partial charge is 0.389 e. The van der Waals surface area contributed by atoms with Gasteiger partial charge in [-0.2, -0.15) is 0 Å². The zero-order valence-electron chi connectivity index (χ0n) is 8.78. The molecule has 0 spiro atoms. The first-order chi connectivity index (χ1) is 6.73. The van der Waals surface area contributed by atoms with Crippen molar-refractivity contribution in [1.29, 1.82) is 0 Å². The average Bonchev–Trinajstić information content (AvgIpc) is 2.00. The molecular weight excluding hydrogens is 219 g/mol. The summed E-state index contributed by atoms with van der Waals surface area (Å²) in [5, 5.41) is 9.25. The number of halogens is 1. The minimum absolute atomic E-state index is 0.000949. The number of rotatable bonds is 2. The number of sulfone groups is 1. The molecule has 0 fully saturated rings. The Kier molecular flexibility index (Phi) is 3.16. The van der Waals surface area contributed by atoms with Crippen LogP contribution in [-0.2, 0) is 9.84 Å². The number of aliphatic hydroxyl groups is 1. The van der Waals surface area contributed by atoms with E-state index in [9.17, 15) is 17.9 Å². The summed E-state index contributed by atoms with van der Waals surface area (Å²) in [6, 6.07) is 2.31. The Morgan fingerprint density at radius 1 is 1.40 bits per heavy atom. The van der Waals surface area contributed by atoms with Crippen LogP contribution in [0.4, 0.5) is 4.39 Å². The van der Waals surface area contributed by atoms with Crippen molar-refractivity contribution in [3.8, 4) is 0 Å². The third kappa shape index (κ3) is 2.54. The van der Waals surface area contributed by atoms with Gasteiger partial charge in [0.25, 0.3) is 0 Å². The first kappa shape index (κ1) is 12.1. The van der Waals surface area contributed by atoms with Crippen LogP contribution in [-0.4, -0.2) is 19.8 Å². The van der Waals surface area contributed by atoms with Crippen LogP contribution in [0.2, 0.25) is 0 Å². The van der Waals surface area contributed by atoms with Crippen LogP contribution in [0.5, 0.6) is 0 Å². The van der Waals surface area contributed by atoms with Gasteiger partial charge in [0.2, 0.25) is 0 Å². The van der Waals surface area contributed by atoms with Gasteiger partial charge in [-0.25, -0.2) is 12.8 Å². The minimum atomic E-state index is -3.38. The summed E-state index contributed by atoms with van der Waals surface area (Å²) in [6.07, 6.45) is 0.0325. The van der Waals surface area contributed by atoms with Gasteiger partial charge < -0.3 is 5.11 Å². The second-order valence-electron chi connectivity index (χ2n) is 3.59. The lowest BCUT2D eigenvalue weighted by atomic mass is 10.1. The molecule has 3 nitrogen and oxygen atoms in total. The van der Waals surface area contributed by atoms with Crippen LogP contribution in [0.15, 0.2) is 17.0 Å². The van der Waals surface area contributed by atoms with Gasteiger partial charge in [-0.3, -0.25) is 0 Å². The molecule has 84 valence electrons. The van der Waals surface area contributed by atoms with E-state index < -0.39 is 21.8 Å². The van der Waals surface area contributed by atoms with Crippen molar-refractivity contribution in [2.24, 2.45) is 0 Å². The zero-order chi connectivity index (χ0) is 11.8. The van der Waals surface area contributed by atoms with Gasteiger partial charge in [0.15, 0.2) is 9.84 Å². The number of aliphatic hydroxyl groups excluding tert-OH is 1. The van der Waals surface area contributed by atoms with Gasteiger partial charge in [-0.15, -0.1) is 0 Å². The summed E-state index contributed by atoms with van der Waals surface area (Å²) in [4.78, 5) is 0.0554. The zero-order valence-corrected chi connectivity index (χ0v) is 9.60. The molecule has 0 aliphatic heterocycles. The maximum atomic E-state index is 13.3. The molecule has 5 heteroatoms. The standard InChI is InChI=1S/C10H13FO3S/c1-6-4-9(11)8(7(2)12)5-10(6)15(3,13)14/h4-5,7,12H,1-3H3. The lowest BCUT2D eigenvalue weighted by molar-refractivity contribution is 0.194. The van der Waals surface area contributed by atoms with Crippen LogP contribution in [0, 0.1) is 12.7 Å². The van der Waals surface area contributed by atoms with E-state index in [1.54, 1.807) is 0 Å². The quantitative estimate of drug-likeness (QED) is 0.788. The molecule has 1 unspecified atom stereocenters. The molecule has 0 saturated carbocycles. The van der Waals surface area contributed by atoms with E-state index in [2.05, 4.69) is 0 Å². The number of aryl methyl sites for hydroxylation is 1. The van der Waals surface area contributed by atoms with E-state index in [1.165, 1.54) is 19.9 Å². The molecule has 0 aliphatic carbocycles. The Balaban J connectivity index is 3.50. The summed E-state index contributed by atoms with van der Waals surface area (Å²) in [5.74, 6) is -0.588. The van der Waals surface area contributed by atoms with Gasteiger partial charge in [0.05, 0.1) is 11.0 Å². The molecule has 0 saturated heterocycles. The van der Waals surface area contributed by atoms with Crippen molar-refractivity contribution in [3.05, 3.63) is 29.1 Å². The Morgan fingerprint density at radius 2 is 1.93 bits per heavy atom. The Morgan fingerprint density at radius 3 is 2.33 bits per heavy atom. The Hall–Kier alpha value is -0.940.